The van der Waals surface area contributed by atoms with E-state index in [9.17, 15) is 21.6 Å². The molecule has 1 rings (SSSR count). The summed E-state index contributed by atoms with van der Waals surface area (Å²) in [6.07, 6.45) is 2.56. The molecule has 0 spiro atoms. The van der Waals surface area contributed by atoms with E-state index in [2.05, 4.69) is 5.32 Å². The number of amides is 1. The van der Waals surface area contributed by atoms with E-state index in [0.717, 1.165) is 37.3 Å². The average molecular weight is 354 g/mol. The van der Waals surface area contributed by atoms with Crippen molar-refractivity contribution in [2.24, 2.45) is 0 Å². The monoisotopic (exact) mass is 353 g/mol. The number of unbranched alkanes of at least 4 members (excludes halogenated alkanes) is 1. The van der Waals surface area contributed by atoms with Crippen LogP contribution in [0.25, 0.3) is 0 Å². The van der Waals surface area contributed by atoms with E-state index in [0.29, 0.717) is 6.54 Å². The summed E-state index contributed by atoms with van der Waals surface area (Å²) in [6, 6.07) is 3.11. The molecule has 21 heavy (non-hydrogen) atoms. The number of hydrogen-bond donors (Lipinski definition) is 1. The molecule has 0 aliphatic rings. The molecule has 0 aliphatic heterocycles. The molecular formula is C12H16ClNO5S2. The topological polar surface area (TPSA) is 97.4 Å². The van der Waals surface area contributed by atoms with Gasteiger partial charge in [0.1, 0.15) is 0 Å². The molecule has 0 radical (unpaired) electrons. The van der Waals surface area contributed by atoms with Gasteiger partial charge >= 0.3 is 0 Å². The van der Waals surface area contributed by atoms with E-state index in [1.807, 2.05) is 6.92 Å². The number of nitrogens with one attached hydrogen (secondary N) is 1. The van der Waals surface area contributed by atoms with Crippen LogP contribution in [0.15, 0.2) is 28.0 Å². The first kappa shape index (κ1) is 17.9. The maximum Gasteiger partial charge on any atom is 0.261 e. The second-order valence-corrected chi connectivity index (χ2v) is 9.09. The lowest BCUT2D eigenvalue weighted by Gasteiger charge is -2.08. The number of rotatable bonds is 6. The Labute approximate surface area is 128 Å². The van der Waals surface area contributed by atoms with Gasteiger partial charge in [0.15, 0.2) is 9.84 Å². The maximum absolute atomic E-state index is 11.9. The standard InChI is InChI=1S/C12H16ClNO5S2/c1-3-4-5-14-12(15)9-6-10(20(2,16)17)8-11(7-9)21(13,18)19/h6-8H,3-5H2,1-2H3,(H,14,15). The van der Waals surface area contributed by atoms with Crippen LogP contribution < -0.4 is 5.32 Å². The zero-order valence-corrected chi connectivity index (χ0v) is 14.0. The molecule has 1 amide bonds. The molecule has 0 aliphatic carbocycles. The summed E-state index contributed by atoms with van der Waals surface area (Å²) in [5, 5.41) is 2.59. The second-order valence-electron chi connectivity index (χ2n) is 4.51. The fourth-order valence-corrected chi connectivity index (χ4v) is 3.10. The highest BCUT2D eigenvalue weighted by Crippen LogP contribution is 2.22. The summed E-state index contributed by atoms with van der Waals surface area (Å²) in [4.78, 5) is 11.2. The number of carbonyl (C=O) groups is 1. The van der Waals surface area contributed by atoms with Gasteiger partial charge < -0.3 is 5.32 Å². The molecule has 0 saturated heterocycles. The summed E-state index contributed by atoms with van der Waals surface area (Å²) in [7, 11) is -2.58. The largest absolute Gasteiger partial charge is 0.352 e. The molecule has 0 saturated carbocycles. The van der Waals surface area contributed by atoms with Crippen molar-refractivity contribution in [3.63, 3.8) is 0 Å². The van der Waals surface area contributed by atoms with Crippen molar-refractivity contribution in [1.82, 2.24) is 5.32 Å². The molecule has 0 unspecified atom stereocenters. The van der Waals surface area contributed by atoms with Gasteiger partial charge in [-0.2, -0.15) is 0 Å². The number of benzene rings is 1. The molecular weight excluding hydrogens is 338 g/mol. The van der Waals surface area contributed by atoms with Gasteiger partial charge in [-0.15, -0.1) is 0 Å². The highest BCUT2D eigenvalue weighted by molar-refractivity contribution is 8.13. The van der Waals surface area contributed by atoms with Crippen LogP contribution in [-0.2, 0) is 18.9 Å². The SMILES string of the molecule is CCCCNC(=O)c1cc(S(C)(=O)=O)cc(S(=O)(=O)Cl)c1. The Kier molecular flexibility index (Phi) is 5.77. The minimum atomic E-state index is -4.14. The molecule has 0 aromatic heterocycles. The lowest BCUT2D eigenvalue weighted by molar-refractivity contribution is 0.0952. The third-order valence-electron chi connectivity index (χ3n) is 2.67. The highest BCUT2D eigenvalue weighted by Gasteiger charge is 2.19. The summed E-state index contributed by atoms with van der Waals surface area (Å²) >= 11 is 0. The van der Waals surface area contributed by atoms with Crippen LogP contribution in [-0.4, -0.2) is 35.5 Å². The Bertz CT molecular complexity index is 691. The van der Waals surface area contributed by atoms with E-state index >= 15 is 0 Å². The summed E-state index contributed by atoms with van der Waals surface area (Å²) < 4.78 is 45.9. The molecule has 0 atom stereocenters. The van der Waals surface area contributed by atoms with Gasteiger partial charge in [-0.3, -0.25) is 4.79 Å². The van der Waals surface area contributed by atoms with Crippen LogP contribution in [0.4, 0.5) is 0 Å². The minimum absolute atomic E-state index is 0.0618. The highest BCUT2D eigenvalue weighted by atomic mass is 35.7. The van der Waals surface area contributed by atoms with Gasteiger partial charge in [0, 0.05) is 29.0 Å². The van der Waals surface area contributed by atoms with Gasteiger partial charge in [0.25, 0.3) is 15.0 Å². The average Bonchev–Trinajstić information content (AvgIpc) is 2.36. The molecule has 1 aromatic rings. The van der Waals surface area contributed by atoms with Gasteiger partial charge in [0.2, 0.25) is 0 Å². The van der Waals surface area contributed by atoms with Crippen molar-refractivity contribution < 1.29 is 21.6 Å². The lowest BCUT2D eigenvalue weighted by atomic mass is 10.2. The Morgan fingerprint density at radius 3 is 2.19 bits per heavy atom. The normalized spacial score (nSPS) is 12.1. The van der Waals surface area contributed by atoms with Crippen LogP contribution in [0.2, 0.25) is 0 Å². The minimum Gasteiger partial charge on any atom is -0.352 e. The van der Waals surface area contributed by atoms with Crippen LogP contribution in [0, 0.1) is 0 Å². The molecule has 1 N–H and O–H groups in total. The van der Waals surface area contributed by atoms with Crippen molar-refractivity contribution >= 4 is 35.5 Å². The number of sulfone groups is 1. The number of halogens is 1. The zero-order chi connectivity index (χ0) is 16.3. The van der Waals surface area contributed by atoms with E-state index in [1.165, 1.54) is 0 Å². The van der Waals surface area contributed by atoms with Crippen molar-refractivity contribution in [2.75, 3.05) is 12.8 Å². The molecule has 1 aromatic carbocycles. The van der Waals surface area contributed by atoms with Crippen molar-refractivity contribution in [3.05, 3.63) is 23.8 Å². The molecule has 0 heterocycles. The zero-order valence-electron chi connectivity index (χ0n) is 11.6. The molecule has 0 bridgehead atoms. The predicted octanol–water partition coefficient (Wildman–Crippen LogP) is 1.55. The molecule has 6 nitrogen and oxygen atoms in total. The quantitative estimate of drug-likeness (QED) is 0.618. The van der Waals surface area contributed by atoms with Crippen LogP contribution in [0.1, 0.15) is 30.1 Å². The summed E-state index contributed by atoms with van der Waals surface area (Å²) in [6.45, 7) is 2.37. The van der Waals surface area contributed by atoms with Crippen LogP contribution in [0.5, 0.6) is 0 Å². The molecule has 0 fully saturated rings. The summed E-state index contributed by atoms with van der Waals surface area (Å²) in [5.74, 6) is -0.546. The fourth-order valence-electron chi connectivity index (χ4n) is 1.54. The van der Waals surface area contributed by atoms with Gasteiger partial charge in [0.05, 0.1) is 9.79 Å². The van der Waals surface area contributed by atoms with Crippen molar-refractivity contribution in [1.29, 1.82) is 0 Å². The van der Waals surface area contributed by atoms with Gasteiger partial charge in [-0.1, -0.05) is 13.3 Å². The van der Waals surface area contributed by atoms with E-state index in [4.69, 9.17) is 10.7 Å². The van der Waals surface area contributed by atoms with Crippen molar-refractivity contribution in [3.8, 4) is 0 Å². The Hall–Kier alpha value is -1.12. The van der Waals surface area contributed by atoms with Crippen LogP contribution in [0.3, 0.4) is 0 Å². The van der Waals surface area contributed by atoms with E-state index in [1.54, 1.807) is 0 Å². The van der Waals surface area contributed by atoms with Crippen molar-refractivity contribution in [2.45, 2.75) is 29.6 Å². The molecule has 118 valence electrons. The predicted molar refractivity (Wildman–Crippen MR) is 79.8 cm³/mol. The smallest absolute Gasteiger partial charge is 0.261 e. The number of carbonyl (C=O) groups excluding carboxylic acids is 1. The van der Waals surface area contributed by atoms with E-state index < -0.39 is 29.7 Å². The van der Waals surface area contributed by atoms with Crippen LogP contribution >= 0.6 is 10.7 Å². The maximum atomic E-state index is 11.9. The first-order valence-corrected chi connectivity index (χ1v) is 10.3. The van der Waals surface area contributed by atoms with Gasteiger partial charge in [-0.25, -0.2) is 16.8 Å². The summed E-state index contributed by atoms with van der Waals surface area (Å²) in [5.41, 5.74) is -0.0618. The molecule has 9 heteroatoms. The lowest BCUT2D eigenvalue weighted by Crippen LogP contribution is -2.24. The van der Waals surface area contributed by atoms with E-state index in [-0.39, 0.29) is 10.5 Å². The fraction of sp³-hybridized carbons (Fsp3) is 0.417. The second kappa shape index (κ2) is 6.76. The first-order chi connectivity index (χ1) is 9.55. The Balaban J connectivity index is 3.30. The third kappa shape index (κ3) is 5.29. The third-order valence-corrected chi connectivity index (χ3v) is 5.09. The Morgan fingerprint density at radius 2 is 1.71 bits per heavy atom. The van der Waals surface area contributed by atoms with Gasteiger partial charge in [-0.05, 0) is 24.6 Å². The number of hydrogen-bond acceptors (Lipinski definition) is 5. The Morgan fingerprint density at radius 1 is 1.14 bits per heavy atom. The first-order valence-electron chi connectivity index (χ1n) is 6.13.